The Morgan fingerprint density at radius 3 is 2.73 bits per heavy atom. The number of nitrogens with one attached hydrogen (secondary N) is 1. The van der Waals surface area contributed by atoms with E-state index in [1.807, 2.05) is 32.0 Å². The summed E-state index contributed by atoms with van der Waals surface area (Å²) in [6, 6.07) is 5.65. The average Bonchev–Trinajstić information content (AvgIpc) is 2.92. The van der Waals surface area contributed by atoms with Gasteiger partial charge >= 0.3 is 0 Å². The largest absolute Gasteiger partial charge is 0.444 e. The lowest BCUT2D eigenvalue weighted by atomic mass is 9.97. The summed E-state index contributed by atoms with van der Waals surface area (Å²) in [5, 5.41) is 3.02. The first-order valence-corrected chi connectivity index (χ1v) is 8.73. The maximum atomic E-state index is 5.94. The zero-order chi connectivity index (χ0) is 17.6. The molecule has 3 N–H and O–H groups in total. The van der Waals surface area contributed by atoms with Gasteiger partial charge in [0.2, 0.25) is 5.89 Å². The van der Waals surface area contributed by atoms with Gasteiger partial charge in [-0.25, -0.2) is 9.97 Å². The summed E-state index contributed by atoms with van der Waals surface area (Å²) in [6.45, 7) is 7.54. The lowest BCUT2D eigenvalue weighted by Crippen LogP contribution is -2.34. The fourth-order valence-electron chi connectivity index (χ4n) is 2.96. The third kappa shape index (κ3) is 5.94. The number of aryl methyl sites for hydroxylation is 2. The number of anilines is 1. The minimum atomic E-state index is 0. The minimum Gasteiger partial charge on any atom is -0.444 e. The Bertz CT molecular complexity index is 690. The van der Waals surface area contributed by atoms with Crippen LogP contribution in [0.25, 0.3) is 0 Å². The van der Waals surface area contributed by atoms with Gasteiger partial charge in [-0.2, -0.15) is 0 Å². The fraction of sp³-hybridized carbons (Fsp3) is 0.500. The van der Waals surface area contributed by atoms with Gasteiger partial charge in [0.15, 0.2) is 5.96 Å². The summed E-state index contributed by atoms with van der Waals surface area (Å²) in [7, 11) is 0. The predicted molar refractivity (Wildman–Crippen MR) is 114 cm³/mol. The molecule has 0 aromatic carbocycles. The Morgan fingerprint density at radius 1 is 1.35 bits per heavy atom. The highest BCUT2D eigenvalue weighted by atomic mass is 127. The van der Waals surface area contributed by atoms with Crippen molar-refractivity contribution in [3.63, 3.8) is 0 Å². The van der Waals surface area contributed by atoms with Gasteiger partial charge in [0.1, 0.15) is 11.6 Å². The Kier molecular flexibility index (Phi) is 7.83. The van der Waals surface area contributed by atoms with Crippen molar-refractivity contribution >= 4 is 35.8 Å². The number of aromatic nitrogens is 2. The number of rotatable bonds is 5. The van der Waals surface area contributed by atoms with E-state index in [9.17, 15) is 0 Å². The molecule has 0 aliphatic carbocycles. The highest BCUT2D eigenvalue weighted by Gasteiger charge is 2.20. The number of guanidine groups is 1. The van der Waals surface area contributed by atoms with Crippen LogP contribution in [-0.2, 0) is 6.54 Å². The fourth-order valence-corrected chi connectivity index (χ4v) is 2.96. The van der Waals surface area contributed by atoms with Crippen LogP contribution in [0.15, 0.2) is 33.8 Å². The molecule has 0 atom stereocenters. The molecule has 1 saturated heterocycles. The van der Waals surface area contributed by atoms with Gasteiger partial charge in [-0.1, -0.05) is 6.07 Å². The Morgan fingerprint density at radius 2 is 2.12 bits per heavy atom. The molecule has 3 rings (SSSR count). The topological polar surface area (TPSA) is 92.6 Å². The van der Waals surface area contributed by atoms with Gasteiger partial charge in [0.05, 0.1) is 12.2 Å². The monoisotopic (exact) mass is 470 g/mol. The Labute approximate surface area is 171 Å². The molecule has 0 radical (unpaired) electrons. The number of likely N-dealkylation sites (tertiary alicyclic amines) is 1. The number of piperidine rings is 1. The van der Waals surface area contributed by atoms with Crippen molar-refractivity contribution < 1.29 is 4.42 Å². The molecule has 2 aromatic heterocycles. The third-order valence-corrected chi connectivity index (χ3v) is 4.58. The first-order chi connectivity index (χ1) is 12.1. The predicted octanol–water partition coefficient (Wildman–Crippen LogP) is 2.94. The van der Waals surface area contributed by atoms with Crippen molar-refractivity contribution in [3.8, 4) is 0 Å². The van der Waals surface area contributed by atoms with E-state index in [1.165, 1.54) is 0 Å². The maximum Gasteiger partial charge on any atom is 0.208 e. The molecule has 1 fully saturated rings. The van der Waals surface area contributed by atoms with Crippen molar-refractivity contribution in [2.75, 3.05) is 25.0 Å². The molecule has 2 aromatic rings. The van der Waals surface area contributed by atoms with Crippen LogP contribution in [0.2, 0.25) is 0 Å². The smallest absolute Gasteiger partial charge is 0.208 e. The molecule has 1 aliphatic rings. The number of aliphatic imine (C=N–C) groups is 1. The second-order valence-corrected chi connectivity index (χ2v) is 6.53. The third-order valence-electron chi connectivity index (χ3n) is 4.58. The Balaban J connectivity index is 0.00000243. The molecule has 142 valence electrons. The van der Waals surface area contributed by atoms with Gasteiger partial charge in [-0.05, 0) is 57.8 Å². The summed E-state index contributed by atoms with van der Waals surface area (Å²) < 4.78 is 5.67. The van der Waals surface area contributed by atoms with E-state index in [4.69, 9.17) is 10.2 Å². The van der Waals surface area contributed by atoms with E-state index in [-0.39, 0.29) is 24.0 Å². The highest BCUT2D eigenvalue weighted by Crippen LogP contribution is 2.20. The molecule has 7 nitrogen and oxygen atoms in total. The van der Waals surface area contributed by atoms with Gasteiger partial charge in [-0.15, -0.1) is 24.0 Å². The first kappa shape index (κ1) is 20.6. The standard InChI is InChI=1S/C18H26N6O.HI/c1-13-14(2)25-17(22-13)12-24-9-6-15(7-10-24)11-21-18(19)23-16-5-3-4-8-20-16;/h3-5,8,15H,6-7,9-12H2,1-2H3,(H3,19,20,21,23);1H. The van der Waals surface area contributed by atoms with Gasteiger partial charge in [0.25, 0.3) is 0 Å². The van der Waals surface area contributed by atoms with Crippen molar-refractivity contribution in [1.82, 2.24) is 14.9 Å². The van der Waals surface area contributed by atoms with Crippen LogP contribution in [0.3, 0.4) is 0 Å². The maximum absolute atomic E-state index is 5.94. The molecule has 0 bridgehead atoms. The van der Waals surface area contributed by atoms with E-state index in [0.29, 0.717) is 11.9 Å². The quantitative estimate of drug-likeness (QED) is 0.397. The van der Waals surface area contributed by atoms with Crippen LogP contribution in [0, 0.1) is 19.8 Å². The van der Waals surface area contributed by atoms with E-state index >= 15 is 0 Å². The van der Waals surface area contributed by atoms with Crippen molar-refractivity contribution in [3.05, 3.63) is 41.7 Å². The number of pyridine rings is 1. The van der Waals surface area contributed by atoms with Crippen LogP contribution >= 0.6 is 24.0 Å². The molecule has 0 saturated carbocycles. The summed E-state index contributed by atoms with van der Waals surface area (Å²) >= 11 is 0. The minimum absolute atomic E-state index is 0. The molecular formula is C18H27IN6O. The number of halogens is 1. The second-order valence-electron chi connectivity index (χ2n) is 6.53. The van der Waals surface area contributed by atoms with Crippen LogP contribution in [0.5, 0.6) is 0 Å². The normalized spacial score (nSPS) is 16.3. The molecule has 0 amide bonds. The van der Waals surface area contributed by atoms with Crippen LogP contribution in [0.4, 0.5) is 5.82 Å². The molecule has 0 unspecified atom stereocenters. The molecule has 8 heteroatoms. The lowest BCUT2D eigenvalue weighted by Gasteiger charge is -2.30. The SMILES string of the molecule is Cc1nc(CN2CCC(CN=C(N)Nc3ccccn3)CC2)oc1C.I. The number of nitrogens with two attached hydrogens (primary N) is 1. The van der Waals surface area contributed by atoms with E-state index in [2.05, 4.69) is 25.2 Å². The number of hydrogen-bond acceptors (Lipinski definition) is 5. The van der Waals surface area contributed by atoms with Gasteiger partial charge in [-0.3, -0.25) is 9.89 Å². The van der Waals surface area contributed by atoms with Crippen molar-refractivity contribution in [2.24, 2.45) is 16.6 Å². The number of hydrogen-bond donors (Lipinski definition) is 2. The van der Waals surface area contributed by atoms with Crippen LogP contribution < -0.4 is 11.1 Å². The van der Waals surface area contributed by atoms with Gasteiger partial charge < -0.3 is 15.5 Å². The second kappa shape index (κ2) is 9.86. The van der Waals surface area contributed by atoms with Crippen LogP contribution in [-0.4, -0.2) is 40.5 Å². The molecule has 3 heterocycles. The lowest BCUT2D eigenvalue weighted by molar-refractivity contribution is 0.166. The van der Waals surface area contributed by atoms with Crippen molar-refractivity contribution in [1.29, 1.82) is 0 Å². The number of nitrogens with zero attached hydrogens (tertiary/aromatic N) is 4. The van der Waals surface area contributed by atoms with E-state index in [0.717, 1.165) is 62.2 Å². The molecule has 26 heavy (non-hydrogen) atoms. The molecular weight excluding hydrogens is 443 g/mol. The Hall–Kier alpha value is -1.68. The van der Waals surface area contributed by atoms with E-state index in [1.54, 1.807) is 6.20 Å². The average molecular weight is 470 g/mol. The summed E-state index contributed by atoms with van der Waals surface area (Å²) in [6.07, 6.45) is 3.94. The molecule has 0 spiro atoms. The van der Waals surface area contributed by atoms with Crippen LogP contribution in [0.1, 0.15) is 30.2 Å². The zero-order valence-electron chi connectivity index (χ0n) is 15.3. The van der Waals surface area contributed by atoms with Gasteiger partial charge in [0, 0.05) is 12.7 Å². The molecule has 1 aliphatic heterocycles. The first-order valence-electron chi connectivity index (χ1n) is 8.73. The summed E-state index contributed by atoms with van der Waals surface area (Å²) in [5.74, 6) is 3.43. The zero-order valence-corrected chi connectivity index (χ0v) is 17.6. The summed E-state index contributed by atoms with van der Waals surface area (Å²) in [5.41, 5.74) is 6.92. The van der Waals surface area contributed by atoms with Crippen molar-refractivity contribution in [2.45, 2.75) is 33.2 Å². The number of oxazole rings is 1. The summed E-state index contributed by atoms with van der Waals surface area (Å²) in [4.78, 5) is 15.5. The van der Waals surface area contributed by atoms with E-state index < -0.39 is 0 Å². The highest BCUT2D eigenvalue weighted by molar-refractivity contribution is 14.0.